The van der Waals surface area contributed by atoms with E-state index in [2.05, 4.69) is 20.9 Å². The van der Waals surface area contributed by atoms with Gasteiger partial charge in [0.2, 0.25) is 0 Å². The highest BCUT2D eigenvalue weighted by molar-refractivity contribution is 9.10. The zero-order valence-corrected chi connectivity index (χ0v) is 10.1. The molecule has 0 aliphatic rings. The summed E-state index contributed by atoms with van der Waals surface area (Å²) in [4.78, 5) is 15.8. The van der Waals surface area contributed by atoms with Crippen LogP contribution in [0.4, 0.5) is 0 Å². The minimum absolute atomic E-state index is 0.118. The van der Waals surface area contributed by atoms with Gasteiger partial charge >= 0.3 is 0 Å². The van der Waals surface area contributed by atoms with Gasteiger partial charge in [-0.25, -0.2) is 0 Å². The second kappa shape index (κ2) is 5.03. The maximum Gasteiger partial charge on any atom is 0.167 e. The molecule has 0 aliphatic carbocycles. The van der Waals surface area contributed by atoms with Gasteiger partial charge < -0.3 is 0 Å². The second-order valence-electron chi connectivity index (χ2n) is 3.47. The standard InChI is InChI=1S/C13H10BrNO/c14-12-3-1-2-11(9-12)13(16)8-10-4-6-15-7-5-10/h1-7,9H,8H2. The first-order chi connectivity index (χ1) is 7.75. The number of carbonyl (C=O) groups excluding carboxylic acids is 1. The highest BCUT2D eigenvalue weighted by Crippen LogP contribution is 2.13. The molecule has 0 atom stereocenters. The molecular formula is C13H10BrNO. The van der Waals surface area contributed by atoms with Gasteiger partial charge in [-0.05, 0) is 29.8 Å². The molecule has 2 aromatic rings. The molecule has 0 bridgehead atoms. The van der Waals surface area contributed by atoms with Crippen molar-refractivity contribution in [2.75, 3.05) is 0 Å². The fourth-order valence-corrected chi connectivity index (χ4v) is 1.85. The zero-order chi connectivity index (χ0) is 11.4. The van der Waals surface area contributed by atoms with E-state index in [-0.39, 0.29) is 5.78 Å². The Morgan fingerprint density at radius 3 is 2.62 bits per heavy atom. The van der Waals surface area contributed by atoms with Crippen LogP contribution in [0.15, 0.2) is 53.3 Å². The van der Waals surface area contributed by atoms with Gasteiger partial charge in [0, 0.05) is 28.9 Å². The van der Waals surface area contributed by atoms with Crippen molar-refractivity contribution >= 4 is 21.7 Å². The van der Waals surface area contributed by atoms with Crippen molar-refractivity contribution < 1.29 is 4.79 Å². The van der Waals surface area contributed by atoms with Crippen molar-refractivity contribution in [3.05, 3.63) is 64.4 Å². The zero-order valence-electron chi connectivity index (χ0n) is 8.56. The molecule has 0 saturated heterocycles. The van der Waals surface area contributed by atoms with E-state index < -0.39 is 0 Å². The van der Waals surface area contributed by atoms with Gasteiger partial charge in [-0.1, -0.05) is 28.1 Å². The van der Waals surface area contributed by atoms with E-state index in [1.54, 1.807) is 12.4 Å². The molecular weight excluding hydrogens is 266 g/mol. The van der Waals surface area contributed by atoms with Gasteiger partial charge in [-0.3, -0.25) is 9.78 Å². The summed E-state index contributed by atoms with van der Waals surface area (Å²) in [5.74, 6) is 0.118. The van der Waals surface area contributed by atoms with Crippen LogP contribution in [0.3, 0.4) is 0 Å². The normalized spacial score (nSPS) is 10.1. The Morgan fingerprint density at radius 1 is 1.19 bits per heavy atom. The van der Waals surface area contributed by atoms with Gasteiger partial charge in [0.15, 0.2) is 5.78 Å². The number of pyridine rings is 1. The van der Waals surface area contributed by atoms with Crippen molar-refractivity contribution in [2.24, 2.45) is 0 Å². The van der Waals surface area contributed by atoms with Crippen molar-refractivity contribution in [3.63, 3.8) is 0 Å². The van der Waals surface area contributed by atoms with E-state index in [9.17, 15) is 4.79 Å². The number of aromatic nitrogens is 1. The predicted octanol–water partition coefficient (Wildman–Crippen LogP) is 3.27. The van der Waals surface area contributed by atoms with Crippen LogP contribution in [0.2, 0.25) is 0 Å². The first kappa shape index (κ1) is 11.0. The number of nitrogens with zero attached hydrogens (tertiary/aromatic N) is 1. The van der Waals surface area contributed by atoms with Crippen molar-refractivity contribution in [1.29, 1.82) is 0 Å². The molecule has 1 aromatic carbocycles. The van der Waals surface area contributed by atoms with Gasteiger partial charge in [0.1, 0.15) is 0 Å². The monoisotopic (exact) mass is 275 g/mol. The number of rotatable bonds is 3. The summed E-state index contributed by atoms with van der Waals surface area (Å²) < 4.78 is 0.924. The lowest BCUT2D eigenvalue weighted by atomic mass is 10.0. The molecule has 1 aromatic heterocycles. The summed E-state index contributed by atoms with van der Waals surface area (Å²) in [7, 11) is 0. The highest BCUT2D eigenvalue weighted by Gasteiger charge is 2.06. The maximum absolute atomic E-state index is 11.9. The van der Waals surface area contributed by atoms with Crippen LogP contribution in [0.1, 0.15) is 15.9 Å². The summed E-state index contributed by atoms with van der Waals surface area (Å²) in [6, 6.07) is 11.1. The SMILES string of the molecule is O=C(Cc1ccncc1)c1cccc(Br)c1. The molecule has 2 nitrogen and oxygen atoms in total. The summed E-state index contributed by atoms with van der Waals surface area (Å²) in [5, 5.41) is 0. The second-order valence-corrected chi connectivity index (χ2v) is 4.38. The third kappa shape index (κ3) is 2.76. The molecule has 0 amide bonds. The molecule has 2 rings (SSSR count). The van der Waals surface area contributed by atoms with Crippen LogP contribution in [-0.4, -0.2) is 10.8 Å². The molecule has 80 valence electrons. The van der Waals surface area contributed by atoms with E-state index in [1.807, 2.05) is 36.4 Å². The summed E-state index contributed by atoms with van der Waals surface area (Å²) in [6.45, 7) is 0. The molecule has 0 aliphatic heterocycles. The molecule has 3 heteroatoms. The van der Waals surface area contributed by atoms with Crippen LogP contribution in [0.25, 0.3) is 0 Å². The number of carbonyl (C=O) groups is 1. The van der Waals surface area contributed by atoms with E-state index >= 15 is 0 Å². The molecule has 0 unspecified atom stereocenters. The molecule has 1 heterocycles. The van der Waals surface area contributed by atoms with Crippen LogP contribution in [-0.2, 0) is 6.42 Å². The Morgan fingerprint density at radius 2 is 1.94 bits per heavy atom. The third-order valence-corrected chi connectivity index (χ3v) is 2.75. The fraction of sp³-hybridized carbons (Fsp3) is 0.0769. The maximum atomic E-state index is 11.9. The number of benzene rings is 1. The summed E-state index contributed by atoms with van der Waals surface area (Å²) in [5.41, 5.74) is 1.71. The lowest BCUT2D eigenvalue weighted by Crippen LogP contribution is -2.03. The van der Waals surface area contributed by atoms with Gasteiger partial charge in [-0.2, -0.15) is 0 Å². The molecule has 0 fully saturated rings. The van der Waals surface area contributed by atoms with E-state index in [1.165, 1.54) is 0 Å². The molecule has 0 N–H and O–H groups in total. The lowest BCUT2D eigenvalue weighted by molar-refractivity contribution is 0.0993. The number of hydrogen-bond donors (Lipinski definition) is 0. The van der Waals surface area contributed by atoms with Crippen molar-refractivity contribution in [2.45, 2.75) is 6.42 Å². The number of halogens is 1. The first-order valence-electron chi connectivity index (χ1n) is 4.93. The van der Waals surface area contributed by atoms with E-state index in [0.29, 0.717) is 6.42 Å². The number of Topliss-reactive ketones (excluding diaryl/α,β-unsaturated/α-hetero) is 1. The van der Waals surface area contributed by atoms with Crippen LogP contribution in [0, 0.1) is 0 Å². The Kier molecular flexibility index (Phi) is 3.47. The minimum Gasteiger partial charge on any atom is -0.294 e. The van der Waals surface area contributed by atoms with Crippen LogP contribution < -0.4 is 0 Å². The summed E-state index contributed by atoms with van der Waals surface area (Å²) >= 11 is 3.35. The Balaban J connectivity index is 2.15. The number of ketones is 1. The third-order valence-electron chi connectivity index (χ3n) is 2.26. The Labute approximate surface area is 102 Å². The number of hydrogen-bond acceptors (Lipinski definition) is 2. The largest absolute Gasteiger partial charge is 0.294 e. The van der Waals surface area contributed by atoms with Crippen LogP contribution in [0.5, 0.6) is 0 Å². The Bertz CT molecular complexity index is 496. The van der Waals surface area contributed by atoms with Crippen LogP contribution >= 0.6 is 15.9 Å². The van der Waals surface area contributed by atoms with Gasteiger partial charge in [-0.15, -0.1) is 0 Å². The Hall–Kier alpha value is -1.48. The average Bonchev–Trinajstić information content (AvgIpc) is 2.30. The highest BCUT2D eigenvalue weighted by atomic mass is 79.9. The molecule has 0 radical (unpaired) electrons. The fourth-order valence-electron chi connectivity index (χ4n) is 1.45. The van der Waals surface area contributed by atoms with Gasteiger partial charge in [0.05, 0.1) is 0 Å². The van der Waals surface area contributed by atoms with Gasteiger partial charge in [0.25, 0.3) is 0 Å². The van der Waals surface area contributed by atoms with Crippen molar-refractivity contribution in [1.82, 2.24) is 4.98 Å². The quantitative estimate of drug-likeness (QED) is 0.805. The molecule has 0 saturated carbocycles. The van der Waals surface area contributed by atoms with Crippen molar-refractivity contribution in [3.8, 4) is 0 Å². The van der Waals surface area contributed by atoms with E-state index in [0.717, 1.165) is 15.6 Å². The topological polar surface area (TPSA) is 30.0 Å². The molecule has 16 heavy (non-hydrogen) atoms. The average molecular weight is 276 g/mol. The summed E-state index contributed by atoms with van der Waals surface area (Å²) in [6.07, 6.45) is 3.81. The lowest BCUT2D eigenvalue weighted by Gasteiger charge is -2.01. The minimum atomic E-state index is 0.118. The molecule has 0 spiro atoms. The predicted molar refractivity (Wildman–Crippen MR) is 66.4 cm³/mol. The van der Waals surface area contributed by atoms with E-state index in [4.69, 9.17) is 0 Å². The smallest absolute Gasteiger partial charge is 0.167 e. The first-order valence-corrected chi connectivity index (χ1v) is 5.72.